The molecule has 1 fully saturated rings. The zero-order valence-electron chi connectivity index (χ0n) is 24.8. The normalized spacial score (nSPS) is 17.3. The Morgan fingerprint density at radius 2 is 1.73 bits per heavy atom. The molecule has 1 N–H and O–H groups in total. The van der Waals surface area contributed by atoms with Crippen LogP contribution in [0.5, 0.6) is 0 Å². The van der Waals surface area contributed by atoms with Gasteiger partial charge in [0.05, 0.1) is 42.8 Å². The first-order chi connectivity index (χ1) is 20.8. The monoisotopic (exact) mass is 611 g/mol. The number of carbonyl (C=O) groups is 2. The van der Waals surface area contributed by atoms with Crippen LogP contribution in [0.4, 0.5) is 28.0 Å². The van der Waals surface area contributed by atoms with Crippen molar-refractivity contribution in [3.05, 3.63) is 94.8 Å². The van der Waals surface area contributed by atoms with E-state index in [4.69, 9.17) is 9.47 Å². The second kappa shape index (κ2) is 13.9. The summed E-state index contributed by atoms with van der Waals surface area (Å²) in [5.41, 5.74) is -0.277. The maximum atomic E-state index is 14.9. The summed E-state index contributed by atoms with van der Waals surface area (Å²) in [6, 6.07) is 7.89. The minimum Gasteiger partial charge on any atom is -0.444 e. The molecule has 4 rings (SSSR count). The van der Waals surface area contributed by atoms with Crippen LogP contribution in [-0.2, 0) is 14.3 Å². The van der Waals surface area contributed by atoms with Crippen molar-refractivity contribution < 1.29 is 36.6 Å². The summed E-state index contributed by atoms with van der Waals surface area (Å²) in [4.78, 5) is 31.4. The Kier molecular flexibility index (Phi) is 10.3. The van der Waals surface area contributed by atoms with Crippen molar-refractivity contribution in [2.24, 2.45) is 0 Å². The molecule has 1 aliphatic heterocycles. The predicted octanol–water partition coefficient (Wildman–Crippen LogP) is 6.56. The van der Waals surface area contributed by atoms with Gasteiger partial charge < -0.3 is 14.8 Å². The third-order valence-electron chi connectivity index (χ3n) is 6.87. The van der Waals surface area contributed by atoms with Gasteiger partial charge in [-0.1, -0.05) is 30.9 Å². The maximum absolute atomic E-state index is 14.9. The van der Waals surface area contributed by atoms with E-state index in [9.17, 15) is 27.2 Å². The van der Waals surface area contributed by atoms with Crippen LogP contribution in [0.3, 0.4) is 0 Å². The molecule has 44 heavy (non-hydrogen) atoms. The summed E-state index contributed by atoms with van der Waals surface area (Å²) in [6.07, 6.45) is 1.23. The fourth-order valence-electron chi connectivity index (χ4n) is 4.76. The summed E-state index contributed by atoms with van der Waals surface area (Å²) < 4.78 is 68.0. The summed E-state index contributed by atoms with van der Waals surface area (Å²) in [5.74, 6) is 1.08. The number of hydrogen-bond donors (Lipinski definition) is 1. The van der Waals surface area contributed by atoms with Crippen molar-refractivity contribution in [1.82, 2.24) is 9.88 Å². The van der Waals surface area contributed by atoms with Crippen molar-refractivity contribution in [2.75, 3.05) is 18.5 Å². The maximum Gasteiger partial charge on any atom is 0.410 e. The number of benzene rings is 2. The highest BCUT2D eigenvalue weighted by Crippen LogP contribution is 2.30. The van der Waals surface area contributed by atoms with Crippen LogP contribution < -0.4 is 5.32 Å². The van der Waals surface area contributed by atoms with E-state index in [0.717, 1.165) is 18.3 Å². The Hall–Kier alpha value is -4.43. The molecule has 0 aliphatic carbocycles. The minimum absolute atomic E-state index is 0.0305. The number of aromatic nitrogens is 1. The second-order valence-electron chi connectivity index (χ2n) is 11.4. The van der Waals surface area contributed by atoms with E-state index in [1.54, 1.807) is 25.7 Å². The number of amides is 2. The number of pyridine rings is 1. The van der Waals surface area contributed by atoms with E-state index in [0.29, 0.717) is 18.1 Å². The van der Waals surface area contributed by atoms with Gasteiger partial charge in [0, 0.05) is 18.4 Å². The number of ether oxygens (including phenoxy) is 2. The first kappa shape index (κ1) is 32.5. The molecule has 7 nitrogen and oxygen atoms in total. The highest BCUT2D eigenvalue weighted by atomic mass is 19.1. The third-order valence-corrected chi connectivity index (χ3v) is 6.87. The fraction of sp³-hybridized carbons (Fsp3) is 0.364. The zero-order valence-corrected chi connectivity index (χ0v) is 24.8. The topological polar surface area (TPSA) is 80.8 Å². The average molecular weight is 612 g/mol. The molecule has 3 atom stereocenters. The van der Waals surface area contributed by atoms with Gasteiger partial charge in [-0.15, -0.1) is 0 Å². The van der Waals surface area contributed by atoms with Gasteiger partial charge in [-0.3, -0.25) is 14.7 Å². The third kappa shape index (κ3) is 8.57. The molecular formula is C33H33F4N3O4. The number of halogens is 4. The Morgan fingerprint density at radius 1 is 1.05 bits per heavy atom. The molecule has 0 bridgehead atoms. The summed E-state index contributed by atoms with van der Waals surface area (Å²) in [6.45, 7) is 7.53. The standard InChI is InChI=1S/C33H33F4N3O4/c1-5-25-19-43-26(18-40(25)32(42)44-33(2,3)4)10-11-27-29(37)16-38-17-30(27)39-31(41)15-28(20-6-8-22(34)9-7-20)21-12-23(35)14-24(36)13-21/h6-9,12-14,16-17,25-26,28H,5,15,18-19H2,1-4H3,(H,39,41)/t25-,26?,28-/m1/s1. The summed E-state index contributed by atoms with van der Waals surface area (Å²) >= 11 is 0. The van der Waals surface area contributed by atoms with Crippen LogP contribution in [0.2, 0.25) is 0 Å². The van der Waals surface area contributed by atoms with Crippen molar-refractivity contribution in [2.45, 2.75) is 64.2 Å². The Morgan fingerprint density at radius 3 is 2.36 bits per heavy atom. The first-order valence-corrected chi connectivity index (χ1v) is 14.1. The largest absolute Gasteiger partial charge is 0.444 e. The quantitative estimate of drug-likeness (QED) is 0.252. The molecule has 2 aromatic carbocycles. The lowest BCUT2D eigenvalue weighted by Gasteiger charge is -2.38. The molecule has 1 aliphatic rings. The molecule has 2 amide bonds. The van der Waals surface area contributed by atoms with E-state index in [1.165, 1.54) is 30.5 Å². The molecule has 1 unspecified atom stereocenters. The van der Waals surface area contributed by atoms with Crippen LogP contribution >= 0.6 is 0 Å². The number of rotatable bonds is 6. The van der Waals surface area contributed by atoms with Crippen LogP contribution in [-0.4, -0.2) is 52.8 Å². The van der Waals surface area contributed by atoms with Crippen LogP contribution in [0.15, 0.2) is 54.9 Å². The van der Waals surface area contributed by atoms with E-state index < -0.39 is 52.9 Å². The Bertz CT molecular complexity index is 1540. The zero-order chi connectivity index (χ0) is 32.0. The van der Waals surface area contributed by atoms with Gasteiger partial charge in [-0.2, -0.15) is 0 Å². The van der Waals surface area contributed by atoms with Gasteiger partial charge in [0.15, 0.2) is 5.82 Å². The molecule has 0 spiro atoms. The summed E-state index contributed by atoms with van der Waals surface area (Å²) in [7, 11) is 0. The molecule has 232 valence electrons. The van der Waals surface area contributed by atoms with Crippen LogP contribution in [0.1, 0.15) is 63.1 Å². The first-order valence-electron chi connectivity index (χ1n) is 14.1. The lowest BCUT2D eigenvalue weighted by Crippen LogP contribution is -2.53. The van der Waals surface area contributed by atoms with Gasteiger partial charge in [-0.25, -0.2) is 22.4 Å². The molecule has 0 saturated carbocycles. The van der Waals surface area contributed by atoms with Crippen molar-refractivity contribution in [3.8, 4) is 11.8 Å². The van der Waals surface area contributed by atoms with E-state index >= 15 is 0 Å². The van der Waals surface area contributed by atoms with Crippen molar-refractivity contribution in [3.63, 3.8) is 0 Å². The number of morpholine rings is 1. The SMILES string of the molecule is CC[C@@H]1COC(C#Cc2c(F)cncc2NC(=O)C[C@H](c2ccc(F)cc2)c2cc(F)cc(F)c2)CN1C(=O)OC(C)(C)C. The number of nitrogens with zero attached hydrogens (tertiary/aromatic N) is 2. The summed E-state index contributed by atoms with van der Waals surface area (Å²) in [5, 5.41) is 2.59. The van der Waals surface area contributed by atoms with Gasteiger partial charge in [-0.05, 0) is 62.6 Å². The van der Waals surface area contributed by atoms with Gasteiger partial charge >= 0.3 is 6.09 Å². The van der Waals surface area contributed by atoms with Crippen molar-refractivity contribution >= 4 is 17.7 Å². The molecule has 3 aromatic rings. The lowest BCUT2D eigenvalue weighted by molar-refractivity contribution is -0.116. The van der Waals surface area contributed by atoms with E-state index in [1.807, 2.05) is 6.92 Å². The number of hydrogen-bond acceptors (Lipinski definition) is 5. The highest BCUT2D eigenvalue weighted by molar-refractivity contribution is 5.92. The lowest BCUT2D eigenvalue weighted by atomic mass is 9.88. The van der Waals surface area contributed by atoms with Crippen LogP contribution in [0.25, 0.3) is 0 Å². The molecule has 1 saturated heterocycles. The molecule has 2 heterocycles. The highest BCUT2D eigenvalue weighted by Gasteiger charge is 2.33. The molecular weight excluding hydrogens is 578 g/mol. The molecule has 11 heteroatoms. The smallest absolute Gasteiger partial charge is 0.410 e. The predicted molar refractivity (Wildman–Crippen MR) is 156 cm³/mol. The van der Waals surface area contributed by atoms with E-state index in [2.05, 4.69) is 22.1 Å². The minimum atomic E-state index is -0.849. The molecule has 1 aromatic heterocycles. The molecule has 0 radical (unpaired) electrons. The van der Waals surface area contributed by atoms with Gasteiger partial charge in [0.25, 0.3) is 0 Å². The van der Waals surface area contributed by atoms with Crippen molar-refractivity contribution in [1.29, 1.82) is 0 Å². The van der Waals surface area contributed by atoms with Gasteiger partial charge in [0.2, 0.25) is 5.91 Å². The van der Waals surface area contributed by atoms with Gasteiger partial charge in [0.1, 0.15) is 29.2 Å². The number of carbonyl (C=O) groups excluding carboxylic acids is 2. The second-order valence-corrected chi connectivity index (χ2v) is 11.4. The van der Waals surface area contributed by atoms with Crippen LogP contribution in [0, 0.1) is 35.1 Å². The Balaban J connectivity index is 1.55. The fourth-order valence-corrected chi connectivity index (χ4v) is 4.76. The number of anilines is 1. The average Bonchev–Trinajstić information content (AvgIpc) is 2.94. The Labute approximate surface area is 253 Å². The van der Waals surface area contributed by atoms with E-state index in [-0.39, 0.29) is 42.4 Å². The number of nitrogens with one attached hydrogen (secondary N) is 1.